The molecule has 1 aromatic carbocycles. The summed E-state index contributed by atoms with van der Waals surface area (Å²) < 4.78 is 10.7. The van der Waals surface area contributed by atoms with Crippen molar-refractivity contribution in [3.8, 4) is 5.75 Å². The Morgan fingerprint density at radius 1 is 0.962 bits per heavy atom. The molecule has 0 saturated carbocycles. The lowest BCUT2D eigenvalue weighted by molar-refractivity contribution is -0.144. The highest BCUT2D eigenvalue weighted by atomic mass is 16.5. The summed E-state index contributed by atoms with van der Waals surface area (Å²) in [5.74, 6) is 0.810. The second-order valence-electron chi connectivity index (χ2n) is 8.18. The molecule has 0 aliphatic heterocycles. The van der Waals surface area contributed by atoms with Crippen molar-refractivity contribution in [1.82, 2.24) is 0 Å². The summed E-state index contributed by atoms with van der Waals surface area (Å²) in [5, 5.41) is 0. The lowest BCUT2D eigenvalue weighted by Crippen LogP contribution is -2.16. The summed E-state index contributed by atoms with van der Waals surface area (Å²) >= 11 is 0. The fraction of sp³-hybridized carbons (Fsp3) is 0.636. The molecule has 0 aromatic heterocycles. The third-order valence-corrected chi connectivity index (χ3v) is 4.12. The largest absolute Gasteiger partial charge is 0.466 e. The van der Waals surface area contributed by atoms with E-state index in [-0.39, 0.29) is 17.4 Å². The molecule has 0 bridgehead atoms. The van der Waals surface area contributed by atoms with Crippen LogP contribution in [0.3, 0.4) is 0 Å². The van der Waals surface area contributed by atoms with Crippen molar-refractivity contribution in [2.75, 3.05) is 6.61 Å². The minimum atomic E-state index is -0.257. The number of esters is 2. The zero-order chi connectivity index (χ0) is 19.6. The summed E-state index contributed by atoms with van der Waals surface area (Å²) in [6, 6.07) is 7.63. The van der Waals surface area contributed by atoms with Crippen molar-refractivity contribution in [2.24, 2.45) is 5.92 Å². The molecule has 0 N–H and O–H groups in total. The van der Waals surface area contributed by atoms with Crippen molar-refractivity contribution in [3.05, 3.63) is 29.8 Å². The molecule has 0 aliphatic rings. The van der Waals surface area contributed by atoms with E-state index in [0.717, 1.165) is 18.4 Å². The van der Waals surface area contributed by atoms with Gasteiger partial charge >= 0.3 is 11.9 Å². The molecule has 4 heteroatoms. The van der Waals surface area contributed by atoms with Gasteiger partial charge in [-0.2, -0.15) is 0 Å². The van der Waals surface area contributed by atoms with Crippen LogP contribution in [0, 0.1) is 5.92 Å². The number of rotatable bonds is 10. The summed E-state index contributed by atoms with van der Waals surface area (Å²) in [5.41, 5.74) is 0.925. The molecule has 1 rings (SSSR count). The highest BCUT2D eigenvalue weighted by Crippen LogP contribution is 2.31. The summed E-state index contributed by atoms with van der Waals surface area (Å²) in [4.78, 5) is 23.7. The zero-order valence-corrected chi connectivity index (χ0v) is 17.0. The van der Waals surface area contributed by atoms with Crippen molar-refractivity contribution in [3.63, 3.8) is 0 Å². The summed E-state index contributed by atoms with van der Waals surface area (Å²) in [6.07, 6.45) is 3.89. The van der Waals surface area contributed by atoms with E-state index >= 15 is 0 Å². The van der Waals surface area contributed by atoms with Crippen molar-refractivity contribution in [2.45, 2.75) is 78.6 Å². The van der Waals surface area contributed by atoms with E-state index in [0.29, 0.717) is 44.0 Å². The Balaban J connectivity index is 2.27. The number of benzene rings is 1. The van der Waals surface area contributed by atoms with Crippen LogP contribution in [0.5, 0.6) is 5.75 Å². The van der Waals surface area contributed by atoms with E-state index in [1.54, 1.807) is 0 Å². The van der Waals surface area contributed by atoms with Gasteiger partial charge < -0.3 is 9.47 Å². The van der Waals surface area contributed by atoms with E-state index in [2.05, 4.69) is 34.6 Å². The lowest BCUT2D eigenvalue weighted by atomic mass is 9.86. The number of hydrogen-bond donors (Lipinski definition) is 0. The number of para-hydroxylation sites is 1. The number of hydrogen-bond acceptors (Lipinski definition) is 4. The minimum Gasteiger partial charge on any atom is -0.466 e. The van der Waals surface area contributed by atoms with E-state index < -0.39 is 0 Å². The average Bonchev–Trinajstić information content (AvgIpc) is 2.55. The fourth-order valence-electron chi connectivity index (χ4n) is 2.64. The second-order valence-corrected chi connectivity index (χ2v) is 8.18. The van der Waals surface area contributed by atoms with Gasteiger partial charge in [-0.1, -0.05) is 52.8 Å². The molecule has 0 spiro atoms. The quantitative estimate of drug-likeness (QED) is 0.316. The Morgan fingerprint density at radius 3 is 2.19 bits per heavy atom. The van der Waals surface area contributed by atoms with Gasteiger partial charge in [0.1, 0.15) is 5.75 Å². The number of carbonyl (C=O) groups excluding carboxylic acids is 2. The predicted molar refractivity (Wildman–Crippen MR) is 104 cm³/mol. The van der Waals surface area contributed by atoms with Crippen LogP contribution in [0.2, 0.25) is 0 Å². The van der Waals surface area contributed by atoms with Gasteiger partial charge in [0.15, 0.2) is 0 Å². The Labute approximate surface area is 158 Å². The first-order valence-corrected chi connectivity index (χ1v) is 9.66. The van der Waals surface area contributed by atoms with Crippen LogP contribution >= 0.6 is 0 Å². The molecule has 0 radical (unpaired) electrons. The van der Waals surface area contributed by atoms with Gasteiger partial charge in [-0.15, -0.1) is 0 Å². The molecule has 0 heterocycles. The molecule has 0 unspecified atom stereocenters. The molecule has 1 aromatic rings. The van der Waals surface area contributed by atoms with E-state index in [9.17, 15) is 9.59 Å². The van der Waals surface area contributed by atoms with Crippen LogP contribution in [0.4, 0.5) is 0 Å². The van der Waals surface area contributed by atoms with Gasteiger partial charge in [0, 0.05) is 18.4 Å². The van der Waals surface area contributed by atoms with Crippen molar-refractivity contribution < 1.29 is 19.1 Å². The molecule has 0 aliphatic carbocycles. The third-order valence-electron chi connectivity index (χ3n) is 4.12. The third kappa shape index (κ3) is 9.02. The SMILES string of the molecule is CC(C)CCCOC(=O)CCCCC(=O)Oc1ccccc1C(C)(C)C. The number of carbonyl (C=O) groups is 2. The first kappa shape index (κ1) is 22.2. The number of ether oxygens (including phenoxy) is 2. The van der Waals surface area contributed by atoms with E-state index in [4.69, 9.17) is 9.47 Å². The molecule has 0 amide bonds. The molecule has 26 heavy (non-hydrogen) atoms. The molecular formula is C22H34O4. The minimum absolute atomic E-state index is 0.0871. The molecular weight excluding hydrogens is 328 g/mol. The van der Waals surface area contributed by atoms with Gasteiger partial charge in [-0.05, 0) is 43.1 Å². The predicted octanol–water partition coefficient (Wildman–Crippen LogP) is 5.43. The van der Waals surface area contributed by atoms with Crippen LogP contribution in [-0.4, -0.2) is 18.5 Å². The Bertz CT molecular complexity index is 570. The van der Waals surface area contributed by atoms with Gasteiger partial charge in [0.05, 0.1) is 6.61 Å². The highest BCUT2D eigenvalue weighted by molar-refractivity contribution is 5.73. The Hall–Kier alpha value is -1.84. The van der Waals surface area contributed by atoms with Gasteiger partial charge in [0.25, 0.3) is 0 Å². The highest BCUT2D eigenvalue weighted by Gasteiger charge is 2.19. The first-order valence-electron chi connectivity index (χ1n) is 9.66. The van der Waals surface area contributed by atoms with Crippen LogP contribution in [-0.2, 0) is 19.7 Å². The molecule has 0 atom stereocenters. The average molecular weight is 363 g/mol. The topological polar surface area (TPSA) is 52.6 Å². The van der Waals surface area contributed by atoms with Crippen LogP contribution < -0.4 is 4.74 Å². The maximum absolute atomic E-state index is 12.1. The number of unbranched alkanes of at least 4 members (excludes halogenated alkanes) is 1. The van der Waals surface area contributed by atoms with E-state index in [1.165, 1.54) is 0 Å². The van der Waals surface area contributed by atoms with Crippen LogP contribution in [0.15, 0.2) is 24.3 Å². The Morgan fingerprint density at radius 2 is 1.58 bits per heavy atom. The van der Waals surface area contributed by atoms with Gasteiger partial charge in [0.2, 0.25) is 0 Å². The normalized spacial score (nSPS) is 11.5. The van der Waals surface area contributed by atoms with Crippen molar-refractivity contribution >= 4 is 11.9 Å². The molecule has 146 valence electrons. The van der Waals surface area contributed by atoms with E-state index in [1.807, 2.05) is 24.3 Å². The second kappa shape index (κ2) is 11.0. The summed E-state index contributed by atoms with van der Waals surface area (Å²) in [6.45, 7) is 11.1. The smallest absolute Gasteiger partial charge is 0.311 e. The maximum atomic E-state index is 12.1. The Kier molecular flexibility index (Phi) is 9.39. The zero-order valence-electron chi connectivity index (χ0n) is 17.0. The monoisotopic (exact) mass is 362 g/mol. The standard InChI is InChI=1S/C22H34O4/c1-17(2)11-10-16-25-20(23)14-8-9-15-21(24)26-19-13-7-6-12-18(19)22(3,4)5/h6-7,12-13,17H,8-11,14-16H2,1-5H3. The van der Waals surface area contributed by atoms with Gasteiger partial charge in [-0.3, -0.25) is 9.59 Å². The molecule has 4 nitrogen and oxygen atoms in total. The summed E-state index contributed by atoms with van der Waals surface area (Å²) in [7, 11) is 0. The molecule has 0 saturated heterocycles. The van der Waals surface area contributed by atoms with Crippen molar-refractivity contribution in [1.29, 1.82) is 0 Å². The van der Waals surface area contributed by atoms with Crippen LogP contribution in [0.25, 0.3) is 0 Å². The van der Waals surface area contributed by atoms with Crippen LogP contribution in [0.1, 0.15) is 78.7 Å². The van der Waals surface area contributed by atoms with Gasteiger partial charge in [-0.25, -0.2) is 0 Å². The lowest BCUT2D eigenvalue weighted by Gasteiger charge is -2.22. The first-order chi connectivity index (χ1) is 12.2. The fourth-order valence-corrected chi connectivity index (χ4v) is 2.64. The molecule has 0 fully saturated rings. The maximum Gasteiger partial charge on any atom is 0.311 e.